The van der Waals surface area contributed by atoms with E-state index in [9.17, 15) is 13.2 Å². The highest BCUT2D eigenvalue weighted by Gasteiger charge is 2.30. The van der Waals surface area contributed by atoms with Crippen LogP contribution in [0.3, 0.4) is 0 Å². The van der Waals surface area contributed by atoms with Crippen molar-refractivity contribution in [2.24, 2.45) is 0 Å². The Labute approximate surface area is 221 Å². The van der Waals surface area contributed by atoms with Crippen LogP contribution in [0, 0.1) is 19.8 Å². The summed E-state index contributed by atoms with van der Waals surface area (Å²) in [5, 5.41) is 14.3. The normalized spacial score (nSPS) is 10.7. The molecule has 0 fully saturated rings. The zero-order valence-electron chi connectivity index (χ0n) is 21.7. The van der Waals surface area contributed by atoms with Gasteiger partial charge in [-0.3, -0.25) is 4.98 Å². The van der Waals surface area contributed by atoms with Crippen LogP contribution in [-0.4, -0.2) is 33.7 Å². The van der Waals surface area contributed by atoms with Crippen LogP contribution in [-0.2, 0) is 12.7 Å². The van der Waals surface area contributed by atoms with E-state index in [0.29, 0.717) is 23.9 Å². The summed E-state index contributed by atoms with van der Waals surface area (Å²) >= 11 is 0. The van der Waals surface area contributed by atoms with Gasteiger partial charge in [0.2, 0.25) is 0 Å². The number of benzene rings is 2. The number of halogens is 3. The van der Waals surface area contributed by atoms with Crippen molar-refractivity contribution in [1.82, 2.24) is 20.3 Å². The lowest BCUT2D eigenvalue weighted by Gasteiger charge is -2.14. The van der Waals surface area contributed by atoms with Gasteiger partial charge in [-0.2, -0.15) is 13.2 Å². The van der Waals surface area contributed by atoms with E-state index < -0.39 is 11.7 Å². The molecule has 0 unspecified atom stereocenters. The molecule has 0 radical (unpaired) electrons. The highest BCUT2D eigenvalue weighted by atomic mass is 19.4. The number of alkyl halides is 3. The first-order chi connectivity index (χ1) is 18.3. The van der Waals surface area contributed by atoms with Gasteiger partial charge in [0.25, 0.3) is 0 Å². The molecule has 0 aliphatic carbocycles. The highest BCUT2D eigenvalue weighted by Crippen LogP contribution is 2.32. The summed E-state index contributed by atoms with van der Waals surface area (Å²) in [7, 11) is 1.00. The molecule has 0 bridgehead atoms. The van der Waals surface area contributed by atoms with Crippen molar-refractivity contribution >= 4 is 22.4 Å². The standard InChI is InChI=1S/C26H26F3N5.C2H2.CH4O/c1-3-4-13-30-16-23-33-22-15-18(24-17(2)6-5-14-31-24)7-12-21(22)25(34-23)32-20-10-8-19(9-11-20)26(27,28)29;2*1-2/h5-12,14-15,30H,3-4,13,16H2,1-2H3,(H,32,33,34);1-2H;2H,1H3. The van der Waals surface area contributed by atoms with Gasteiger partial charge in [0.1, 0.15) is 11.6 Å². The van der Waals surface area contributed by atoms with Crippen molar-refractivity contribution in [2.75, 3.05) is 19.0 Å². The number of unbranched alkanes of at least 4 members (excludes halogenated alkanes) is 1. The molecule has 0 saturated carbocycles. The molecule has 0 saturated heterocycles. The summed E-state index contributed by atoms with van der Waals surface area (Å²) in [5.74, 6) is 1.15. The molecule has 6 nitrogen and oxygen atoms in total. The summed E-state index contributed by atoms with van der Waals surface area (Å²) in [5.41, 5.74) is 3.43. The number of pyridine rings is 1. The minimum atomic E-state index is -4.38. The molecule has 0 spiro atoms. The third kappa shape index (κ3) is 8.00. The number of nitrogens with zero attached hydrogens (tertiary/aromatic N) is 3. The Kier molecular flexibility index (Phi) is 11.7. The van der Waals surface area contributed by atoms with Crippen LogP contribution in [0.5, 0.6) is 0 Å². The Balaban J connectivity index is 0.00000121. The van der Waals surface area contributed by atoms with Crippen LogP contribution in [0.15, 0.2) is 60.8 Å². The zero-order valence-corrected chi connectivity index (χ0v) is 21.7. The molecule has 4 aromatic rings. The van der Waals surface area contributed by atoms with E-state index in [4.69, 9.17) is 10.1 Å². The van der Waals surface area contributed by atoms with Gasteiger partial charge in [-0.15, -0.1) is 12.8 Å². The minimum absolute atomic E-state index is 0.491. The van der Waals surface area contributed by atoms with Gasteiger partial charge in [-0.1, -0.05) is 25.5 Å². The van der Waals surface area contributed by atoms with Crippen molar-refractivity contribution in [3.05, 3.63) is 77.7 Å². The maximum atomic E-state index is 12.9. The van der Waals surface area contributed by atoms with Crippen molar-refractivity contribution in [1.29, 1.82) is 0 Å². The number of nitrogens with one attached hydrogen (secondary N) is 2. The smallest absolute Gasteiger partial charge is 0.400 e. The van der Waals surface area contributed by atoms with E-state index in [0.717, 1.165) is 66.4 Å². The lowest BCUT2D eigenvalue weighted by molar-refractivity contribution is -0.137. The van der Waals surface area contributed by atoms with Crippen LogP contribution >= 0.6 is 0 Å². The number of fused-ring (bicyclic) bond motifs is 1. The molecule has 0 aliphatic rings. The third-order valence-electron chi connectivity index (χ3n) is 5.49. The first-order valence-corrected chi connectivity index (χ1v) is 12.0. The van der Waals surface area contributed by atoms with Gasteiger partial charge in [0, 0.05) is 29.9 Å². The summed E-state index contributed by atoms with van der Waals surface area (Å²) in [6.45, 7) is 5.48. The van der Waals surface area contributed by atoms with Gasteiger partial charge in [-0.05, 0) is 67.9 Å². The molecule has 2 heterocycles. The average Bonchev–Trinajstić information content (AvgIpc) is 2.93. The second-order valence-corrected chi connectivity index (χ2v) is 8.12. The summed E-state index contributed by atoms with van der Waals surface area (Å²) in [4.78, 5) is 13.9. The quantitative estimate of drug-likeness (QED) is 0.180. The first-order valence-electron chi connectivity index (χ1n) is 12.0. The minimum Gasteiger partial charge on any atom is -0.400 e. The van der Waals surface area contributed by atoms with E-state index in [-0.39, 0.29) is 0 Å². The maximum Gasteiger partial charge on any atom is 0.416 e. The number of hydrogen-bond donors (Lipinski definition) is 3. The van der Waals surface area contributed by atoms with Crippen molar-refractivity contribution in [3.63, 3.8) is 0 Å². The molecule has 0 amide bonds. The third-order valence-corrected chi connectivity index (χ3v) is 5.49. The number of aromatic nitrogens is 3. The van der Waals surface area contributed by atoms with Crippen molar-refractivity contribution in [2.45, 2.75) is 39.4 Å². The lowest BCUT2D eigenvalue weighted by atomic mass is 10.0. The van der Waals surface area contributed by atoms with Gasteiger partial charge >= 0.3 is 6.18 Å². The second-order valence-electron chi connectivity index (χ2n) is 8.12. The molecule has 0 aliphatic heterocycles. The maximum absolute atomic E-state index is 12.9. The van der Waals surface area contributed by atoms with Crippen LogP contribution in [0.4, 0.5) is 24.7 Å². The highest BCUT2D eigenvalue weighted by molar-refractivity contribution is 5.93. The Morgan fingerprint density at radius 2 is 1.68 bits per heavy atom. The fourth-order valence-corrected chi connectivity index (χ4v) is 3.67. The zero-order chi connectivity index (χ0) is 28.1. The van der Waals surface area contributed by atoms with Crippen LogP contribution in [0.1, 0.15) is 36.7 Å². The largest absolute Gasteiger partial charge is 0.416 e. The number of aliphatic hydroxyl groups excluding tert-OH is 1. The molecule has 200 valence electrons. The first kappa shape index (κ1) is 30.2. The molecule has 2 aromatic carbocycles. The number of aliphatic hydroxyl groups is 1. The van der Waals surface area contributed by atoms with Gasteiger partial charge in [-0.25, -0.2) is 9.97 Å². The topological polar surface area (TPSA) is 83.0 Å². The van der Waals surface area contributed by atoms with Crippen molar-refractivity contribution in [3.8, 4) is 24.1 Å². The number of terminal acetylenes is 1. The second kappa shape index (κ2) is 14.7. The predicted molar refractivity (Wildman–Crippen MR) is 147 cm³/mol. The SMILES string of the molecule is C#C.CCCCNCc1nc(Nc2ccc(C(F)(F)F)cc2)c2ccc(-c3ncccc3C)cc2n1.CO. The van der Waals surface area contributed by atoms with Crippen LogP contribution in [0.25, 0.3) is 22.2 Å². The molecular formula is C29H32F3N5O. The summed E-state index contributed by atoms with van der Waals surface area (Å²) in [6.07, 6.45) is 7.51. The summed E-state index contributed by atoms with van der Waals surface area (Å²) in [6, 6.07) is 14.7. The van der Waals surface area contributed by atoms with E-state index in [2.05, 4.69) is 40.4 Å². The molecule has 9 heteroatoms. The van der Waals surface area contributed by atoms with Gasteiger partial charge in [0.05, 0.1) is 23.3 Å². The fraction of sp³-hybridized carbons (Fsp3) is 0.276. The van der Waals surface area contributed by atoms with E-state index in [1.807, 2.05) is 37.3 Å². The molecular weight excluding hydrogens is 491 g/mol. The van der Waals surface area contributed by atoms with Crippen molar-refractivity contribution < 1.29 is 18.3 Å². The molecule has 3 N–H and O–H groups in total. The van der Waals surface area contributed by atoms with Gasteiger partial charge < -0.3 is 15.7 Å². The van der Waals surface area contributed by atoms with E-state index >= 15 is 0 Å². The number of aryl methyl sites for hydroxylation is 1. The molecule has 38 heavy (non-hydrogen) atoms. The molecule has 2 aromatic heterocycles. The van der Waals surface area contributed by atoms with E-state index in [1.54, 1.807) is 6.20 Å². The van der Waals surface area contributed by atoms with E-state index in [1.165, 1.54) is 12.1 Å². The van der Waals surface area contributed by atoms with Crippen LogP contribution in [0.2, 0.25) is 0 Å². The Bertz CT molecular complexity index is 1320. The number of rotatable bonds is 8. The molecule has 4 rings (SSSR count). The predicted octanol–water partition coefficient (Wildman–Crippen LogP) is 6.51. The Hall–Kier alpha value is -4.00. The fourth-order valence-electron chi connectivity index (χ4n) is 3.67. The number of anilines is 2. The molecule has 0 atom stereocenters. The Morgan fingerprint density at radius 1 is 0.974 bits per heavy atom. The van der Waals surface area contributed by atoms with Crippen LogP contribution < -0.4 is 10.6 Å². The van der Waals surface area contributed by atoms with Gasteiger partial charge in [0.15, 0.2) is 0 Å². The summed E-state index contributed by atoms with van der Waals surface area (Å²) < 4.78 is 38.8. The monoisotopic (exact) mass is 523 g/mol. The number of hydrogen-bond acceptors (Lipinski definition) is 6. The lowest BCUT2D eigenvalue weighted by Crippen LogP contribution is -2.17. The Morgan fingerprint density at radius 3 is 2.32 bits per heavy atom. The average molecular weight is 524 g/mol.